The average molecular weight is 345 g/mol. The lowest BCUT2D eigenvalue weighted by atomic mass is 10.2. The molecule has 100 valence electrons. The van der Waals surface area contributed by atoms with Crippen LogP contribution in [0, 0.1) is 12.7 Å². The highest BCUT2D eigenvalue weighted by Crippen LogP contribution is 2.27. The van der Waals surface area contributed by atoms with E-state index in [1.165, 1.54) is 6.07 Å². The minimum Gasteiger partial charge on any atom is -0.481 e. The highest BCUT2D eigenvalue weighted by molar-refractivity contribution is 9.10. The summed E-state index contributed by atoms with van der Waals surface area (Å²) < 4.78 is 15.5. The van der Waals surface area contributed by atoms with E-state index in [2.05, 4.69) is 20.9 Å². The number of hydrogen-bond donors (Lipinski definition) is 1. The van der Waals surface area contributed by atoms with Gasteiger partial charge in [0.1, 0.15) is 5.82 Å². The number of hydrogen-bond acceptors (Lipinski definition) is 3. The van der Waals surface area contributed by atoms with E-state index in [1.807, 2.05) is 0 Å². The highest BCUT2D eigenvalue weighted by atomic mass is 79.9. The number of nitrogens with zero attached hydrogens (tertiary/aromatic N) is 2. The summed E-state index contributed by atoms with van der Waals surface area (Å²) in [6.07, 6.45) is 3.30. The second-order valence-corrected chi connectivity index (χ2v) is 5.61. The Balaban J connectivity index is 2.40. The lowest BCUT2D eigenvalue weighted by molar-refractivity contribution is -0.133. The van der Waals surface area contributed by atoms with E-state index in [-0.39, 0.29) is 11.6 Å². The molecular formula is C12H10BrFN2O2S. The van der Waals surface area contributed by atoms with E-state index in [9.17, 15) is 9.18 Å². The maximum atomic E-state index is 13.4. The normalized spacial score (nSPS) is 10.7. The standard InChI is InChI=1S/C12H10BrFN2O2S/c1-7-4-9(14)8(13)5-10(7)16-3-2-15-12(16)19-6-11(17)18/h2-5H,6H2,1H3,(H,17,18). The van der Waals surface area contributed by atoms with Crippen molar-refractivity contribution in [3.63, 3.8) is 0 Å². The molecule has 0 bridgehead atoms. The van der Waals surface area contributed by atoms with E-state index >= 15 is 0 Å². The number of halogens is 2. The quantitative estimate of drug-likeness (QED) is 0.865. The molecule has 2 aromatic rings. The number of aryl methyl sites for hydroxylation is 1. The van der Waals surface area contributed by atoms with Crippen molar-refractivity contribution in [1.82, 2.24) is 9.55 Å². The fourth-order valence-electron chi connectivity index (χ4n) is 1.60. The fraction of sp³-hybridized carbons (Fsp3) is 0.167. The summed E-state index contributed by atoms with van der Waals surface area (Å²) in [4.78, 5) is 14.7. The van der Waals surface area contributed by atoms with Crippen molar-refractivity contribution >= 4 is 33.7 Å². The summed E-state index contributed by atoms with van der Waals surface area (Å²) in [7, 11) is 0. The lowest BCUT2D eigenvalue weighted by Gasteiger charge is -2.11. The van der Waals surface area contributed by atoms with Gasteiger partial charge in [-0.25, -0.2) is 9.37 Å². The molecule has 1 heterocycles. The Morgan fingerprint density at radius 2 is 2.32 bits per heavy atom. The first kappa shape index (κ1) is 14.1. The van der Waals surface area contributed by atoms with Crippen LogP contribution >= 0.6 is 27.7 Å². The first-order chi connectivity index (χ1) is 8.99. The van der Waals surface area contributed by atoms with Crippen LogP contribution in [0.2, 0.25) is 0 Å². The third-order valence-electron chi connectivity index (χ3n) is 2.43. The van der Waals surface area contributed by atoms with E-state index in [1.54, 1.807) is 30.0 Å². The topological polar surface area (TPSA) is 55.1 Å². The summed E-state index contributed by atoms with van der Waals surface area (Å²) in [6, 6.07) is 3.07. The van der Waals surface area contributed by atoms with Crippen molar-refractivity contribution in [2.45, 2.75) is 12.1 Å². The highest BCUT2D eigenvalue weighted by Gasteiger charge is 2.12. The van der Waals surface area contributed by atoms with Crippen LogP contribution < -0.4 is 0 Å². The molecule has 7 heteroatoms. The monoisotopic (exact) mass is 344 g/mol. The summed E-state index contributed by atoms with van der Waals surface area (Å²) in [5.41, 5.74) is 1.51. The number of carboxylic acids is 1. The first-order valence-electron chi connectivity index (χ1n) is 5.33. The van der Waals surface area contributed by atoms with Crippen LogP contribution in [0.5, 0.6) is 0 Å². The largest absolute Gasteiger partial charge is 0.481 e. The van der Waals surface area contributed by atoms with Crippen LogP contribution in [0.4, 0.5) is 4.39 Å². The molecule has 0 radical (unpaired) electrons. The molecule has 0 fully saturated rings. The zero-order chi connectivity index (χ0) is 14.0. The summed E-state index contributed by atoms with van der Waals surface area (Å²) in [5.74, 6) is -1.31. The maximum Gasteiger partial charge on any atom is 0.313 e. The molecule has 1 aromatic heterocycles. The number of rotatable bonds is 4. The zero-order valence-corrected chi connectivity index (χ0v) is 12.3. The molecule has 0 saturated carbocycles. The lowest BCUT2D eigenvalue weighted by Crippen LogP contribution is -2.03. The molecule has 19 heavy (non-hydrogen) atoms. The second kappa shape index (κ2) is 5.75. The molecular weight excluding hydrogens is 335 g/mol. The number of carbonyl (C=O) groups is 1. The van der Waals surface area contributed by atoms with Crippen LogP contribution in [0.1, 0.15) is 5.56 Å². The minimum absolute atomic E-state index is 0.0710. The number of aliphatic carboxylic acids is 1. The van der Waals surface area contributed by atoms with Crippen LogP contribution in [0.15, 0.2) is 34.2 Å². The Hall–Kier alpha value is -1.34. The van der Waals surface area contributed by atoms with Gasteiger partial charge in [-0.3, -0.25) is 9.36 Å². The third kappa shape index (κ3) is 3.16. The van der Waals surface area contributed by atoms with Crippen molar-refractivity contribution in [3.8, 4) is 5.69 Å². The van der Waals surface area contributed by atoms with Crippen molar-refractivity contribution in [3.05, 3.63) is 40.4 Å². The predicted molar refractivity (Wildman–Crippen MR) is 74.3 cm³/mol. The summed E-state index contributed by atoms with van der Waals surface area (Å²) in [6.45, 7) is 1.79. The van der Waals surface area contributed by atoms with Crippen LogP contribution in [-0.4, -0.2) is 26.4 Å². The van der Waals surface area contributed by atoms with Gasteiger partial charge in [0, 0.05) is 12.4 Å². The molecule has 1 N–H and O–H groups in total. The van der Waals surface area contributed by atoms with E-state index in [4.69, 9.17) is 5.11 Å². The number of benzene rings is 1. The molecule has 0 unspecified atom stereocenters. The number of imidazole rings is 1. The molecule has 4 nitrogen and oxygen atoms in total. The smallest absolute Gasteiger partial charge is 0.313 e. The molecule has 0 spiro atoms. The SMILES string of the molecule is Cc1cc(F)c(Br)cc1-n1ccnc1SCC(=O)O. The Morgan fingerprint density at radius 3 is 3.00 bits per heavy atom. The predicted octanol–water partition coefficient (Wildman–Crippen LogP) is 3.26. The van der Waals surface area contributed by atoms with Gasteiger partial charge in [-0.15, -0.1) is 0 Å². The minimum atomic E-state index is -0.906. The Kier molecular flexibility index (Phi) is 4.26. The molecule has 0 aliphatic carbocycles. The Morgan fingerprint density at radius 1 is 1.58 bits per heavy atom. The number of aromatic nitrogens is 2. The third-order valence-corrected chi connectivity index (χ3v) is 3.99. The molecule has 1 aromatic carbocycles. The van der Waals surface area contributed by atoms with Crippen molar-refractivity contribution in [1.29, 1.82) is 0 Å². The van der Waals surface area contributed by atoms with Gasteiger partial charge in [0.2, 0.25) is 0 Å². The van der Waals surface area contributed by atoms with Gasteiger partial charge in [-0.05, 0) is 40.5 Å². The molecule has 0 atom stereocenters. The molecule has 0 aliphatic rings. The van der Waals surface area contributed by atoms with Crippen molar-refractivity contribution in [2.24, 2.45) is 0 Å². The van der Waals surface area contributed by atoms with E-state index in [0.717, 1.165) is 23.0 Å². The summed E-state index contributed by atoms with van der Waals surface area (Å²) >= 11 is 4.26. The zero-order valence-electron chi connectivity index (χ0n) is 9.93. The Labute approximate surface area is 121 Å². The van der Waals surface area contributed by atoms with Gasteiger partial charge in [0.05, 0.1) is 15.9 Å². The van der Waals surface area contributed by atoms with Gasteiger partial charge in [0.25, 0.3) is 0 Å². The molecule has 0 aliphatic heterocycles. The summed E-state index contributed by atoms with van der Waals surface area (Å²) in [5, 5.41) is 9.25. The van der Waals surface area contributed by atoms with Crippen LogP contribution in [0.25, 0.3) is 5.69 Å². The molecule has 2 rings (SSSR count). The van der Waals surface area contributed by atoms with Gasteiger partial charge < -0.3 is 5.11 Å². The van der Waals surface area contributed by atoms with Crippen LogP contribution in [0.3, 0.4) is 0 Å². The number of carboxylic acid groups (broad SMARTS) is 1. The van der Waals surface area contributed by atoms with Crippen molar-refractivity contribution < 1.29 is 14.3 Å². The second-order valence-electron chi connectivity index (χ2n) is 3.82. The Bertz CT molecular complexity index is 630. The van der Waals surface area contributed by atoms with Gasteiger partial charge >= 0.3 is 5.97 Å². The maximum absolute atomic E-state index is 13.4. The van der Waals surface area contributed by atoms with Crippen LogP contribution in [-0.2, 0) is 4.79 Å². The van der Waals surface area contributed by atoms with Gasteiger partial charge in [0.15, 0.2) is 5.16 Å². The van der Waals surface area contributed by atoms with Gasteiger partial charge in [-0.2, -0.15) is 0 Å². The average Bonchev–Trinajstić information content (AvgIpc) is 2.79. The van der Waals surface area contributed by atoms with E-state index in [0.29, 0.717) is 9.63 Å². The first-order valence-corrected chi connectivity index (χ1v) is 7.11. The number of thioether (sulfide) groups is 1. The van der Waals surface area contributed by atoms with Gasteiger partial charge in [-0.1, -0.05) is 11.8 Å². The molecule has 0 saturated heterocycles. The molecule has 0 amide bonds. The van der Waals surface area contributed by atoms with Crippen molar-refractivity contribution in [2.75, 3.05) is 5.75 Å². The fourth-order valence-corrected chi connectivity index (χ4v) is 2.62. The van der Waals surface area contributed by atoms with E-state index < -0.39 is 5.97 Å².